The average Bonchev–Trinajstić information content (AvgIpc) is 3.04. The number of likely N-dealkylation sites (tertiary alicyclic amines) is 1. The van der Waals surface area contributed by atoms with E-state index < -0.39 is 6.10 Å². The molecule has 2 atom stereocenters. The first-order valence-electron chi connectivity index (χ1n) is 8.05. The molecule has 1 heterocycles. The molecule has 1 aliphatic heterocycles. The number of amides is 1. The number of hydrogen-bond acceptors (Lipinski definition) is 3. The number of carbonyl (C=O) groups excluding carboxylic acids is 1. The van der Waals surface area contributed by atoms with Gasteiger partial charge < -0.3 is 14.7 Å². The summed E-state index contributed by atoms with van der Waals surface area (Å²) in [4.78, 5) is 14.1. The molecular weight excluding hydrogens is 326 g/mol. The lowest BCUT2D eigenvalue weighted by molar-refractivity contribution is -0.132. The monoisotopic (exact) mass is 345 g/mol. The van der Waals surface area contributed by atoms with Crippen molar-refractivity contribution < 1.29 is 14.6 Å². The van der Waals surface area contributed by atoms with E-state index in [2.05, 4.69) is 0 Å². The van der Waals surface area contributed by atoms with Crippen LogP contribution < -0.4 is 4.74 Å². The van der Waals surface area contributed by atoms with Crippen molar-refractivity contribution in [2.75, 3.05) is 13.1 Å². The minimum absolute atomic E-state index is 0.0405. The van der Waals surface area contributed by atoms with E-state index >= 15 is 0 Å². The van der Waals surface area contributed by atoms with Crippen LogP contribution in [0.5, 0.6) is 5.75 Å². The van der Waals surface area contributed by atoms with Gasteiger partial charge in [-0.05, 0) is 23.8 Å². The predicted molar refractivity (Wildman–Crippen MR) is 93.1 cm³/mol. The summed E-state index contributed by atoms with van der Waals surface area (Å²) in [6.45, 7) is 1.18. The van der Waals surface area contributed by atoms with Crippen molar-refractivity contribution in [2.45, 2.75) is 25.0 Å². The Bertz CT molecular complexity index is 692. The van der Waals surface area contributed by atoms with Gasteiger partial charge in [-0.1, -0.05) is 48.0 Å². The summed E-state index contributed by atoms with van der Waals surface area (Å²) in [7, 11) is 0. The average molecular weight is 346 g/mol. The molecule has 0 spiro atoms. The first-order valence-corrected chi connectivity index (χ1v) is 8.42. The number of aliphatic hydroxyl groups excluding tert-OH is 1. The van der Waals surface area contributed by atoms with Crippen LogP contribution in [0.15, 0.2) is 54.6 Å². The van der Waals surface area contributed by atoms with Crippen LogP contribution in [0.25, 0.3) is 0 Å². The summed E-state index contributed by atoms with van der Waals surface area (Å²) >= 11 is 5.95. The molecule has 3 rings (SSSR count). The Morgan fingerprint density at radius 3 is 2.79 bits per heavy atom. The number of carbonyl (C=O) groups is 1. The van der Waals surface area contributed by atoms with Gasteiger partial charge in [-0.25, -0.2) is 0 Å². The summed E-state index contributed by atoms with van der Waals surface area (Å²) < 4.78 is 5.89. The van der Waals surface area contributed by atoms with E-state index in [-0.39, 0.29) is 18.4 Å². The Morgan fingerprint density at radius 1 is 1.25 bits per heavy atom. The number of nitrogens with zero attached hydrogens (tertiary/aromatic N) is 1. The summed E-state index contributed by atoms with van der Waals surface area (Å²) in [5.74, 6) is 0.662. The predicted octanol–water partition coefficient (Wildman–Crippen LogP) is 3.44. The molecule has 24 heavy (non-hydrogen) atoms. The molecule has 1 amide bonds. The molecule has 1 aliphatic rings. The third-order valence-corrected chi connectivity index (χ3v) is 4.38. The Morgan fingerprint density at radius 2 is 2.04 bits per heavy atom. The zero-order valence-corrected chi connectivity index (χ0v) is 14.0. The van der Waals surface area contributed by atoms with Gasteiger partial charge in [0, 0.05) is 18.0 Å². The minimum atomic E-state index is -0.772. The summed E-state index contributed by atoms with van der Waals surface area (Å²) in [6.07, 6.45) is 0.0565. The summed E-state index contributed by atoms with van der Waals surface area (Å²) in [6, 6.07) is 16.5. The van der Waals surface area contributed by atoms with Gasteiger partial charge in [0.1, 0.15) is 11.9 Å². The Labute approximate surface area is 146 Å². The van der Waals surface area contributed by atoms with Gasteiger partial charge in [0.05, 0.1) is 19.1 Å². The smallest absolute Gasteiger partial charge is 0.225 e. The lowest BCUT2D eigenvalue weighted by Crippen LogP contribution is -2.31. The van der Waals surface area contributed by atoms with Gasteiger partial charge in [-0.2, -0.15) is 0 Å². The van der Waals surface area contributed by atoms with Gasteiger partial charge in [0.2, 0.25) is 5.91 Å². The SMILES string of the molecule is O=C(CC(O)c1ccccc1)N1CCC(Oc2cccc(Cl)c2)C1. The zero-order valence-electron chi connectivity index (χ0n) is 13.3. The maximum absolute atomic E-state index is 12.4. The molecule has 4 nitrogen and oxygen atoms in total. The lowest BCUT2D eigenvalue weighted by Gasteiger charge is -2.19. The van der Waals surface area contributed by atoms with E-state index in [1.807, 2.05) is 42.5 Å². The van der Waals surface area contributed by atoms with Crippen LogP contribution in [0.4, 0.5) is 0 Å². The summed E-state index contributed by atoms with van der Waals surface area (Å²) in [5.41, 5.74) is 0.761. The third-order valence-electron chi connectivity index (χ3n) is 4.15. The number of benzene rings is 2. The van der Waals surface area contributed by atoms with Crippen LogP contribution in [0.3, 0.4) is 0 Å². The first-order chi connectivity index (χ1) is 11.6. The van der Waals surface area contributed by atoms with Gasteiger partial charge in [0.25, 0.3) is 0 Å². The second-order valence-electron chi connectivity index (χ2n) is 5.96. The van der Waals surface area contributed by atoms with Crippen LogP contribution in [0.1, 0.15) is 24.5 Å². The number of rotatable bonds is 5. The first kappa shape index (κ1) is 16.8. The van der Waals surface area contributed by atoms with Crippen molar-refractivity contribution in [3.8, 4) is 5.75 Å². The number of ether oxygens (including phenoxy) is 1. The minimum Gasteiger partial charge on any atom is -0.488 e. The molecule has 126 valence electrons. The van der Waals surface area contributed by atoms with Crippen LogP contribution in [-0.2, 0) is 4.79 Å². The number of halogens is 1. The Balaban J connectivity index is 1.52. The Kier molecular flexibility index (Phi) is 5.38. The third kappa shape index (κ3) is 4.28. The Hall–Kier alpha value is -2.04. The normalized spacial score (nSPS) is 18.4. The van der Waals surface area contributed by atoms with Crippen LogP contribution in [0.2, 0.25) is 5.02 Å². The second kappa shape index (κ2) is 7.69. The fourth-order valence-corrected chi connectivity index (χ4v) is 3.05. The van der Waals surface area contributed by atoms with Crippen LogP contribution in [0, 0.1) is 0 Å². The molecule has 2 aromatic carbocycles. The standard InChI is InChI=1S/C19H20ClNO3/c20-15-7-4-8-16(11-15)24-17-9-10-21(13-17)19(23)12-18(22)14-5-2-1-3-6-14/h1-8,11,17-18,22H,9-10,12-13H2. The second-order valence-corrected chi connectivity index (χ2v) is 6.39. The van der Waals surface area contributed by atoms with E-state index in [0.29, 0.717) is 23.9 Å². The molecule has 0 bridgehead atoms. The van der Waals surface area contributed by atoms with Gasteiger partial charge >= 0.3 is 0 Å². The van der Waals surface area contributed by atoms with Crippen molar-refractivity contribution in [1.82, 2.24) is 4.90 Å². The molecule has 0 aromatic heterocycles. The maximum atomic E-state index is 12.4. The van der Waals surface area contributed by atoms with Crippen molar-refractivity contribution >= 4 is 17.5 Å². The largest absolute Gasteiger partial charge is 0.488 e. The van der Waals surface area contributed by atoms with E-state index in [1.165, 1.54) is 0 Å². The van der Waals surface area contributed by atoms with Crippen molar-refractivity contribution in [3.05, 3.63) is 65.2 Å². The number of hydrogen-bond donors (Lipinski definition) is 1. The molecule has 2 aromatic rings. The topological polar surface area (TPSA) is 49.8 Å². The van der Waals surface area contributed by atoms with Gasteiger partial charge in [-0.15, -0.1) is 0 Å². The highest BCUT2D eigenvalue weighted by molar-refractivity contribution is 6.30. The maximum Gasteiger partial charge on any atom is 0.225 e. The molecule has 1 saturated heterocycles. The van der Waals surface area contributed by atoms with E-state index in [4.69, 9.17) is 16.3 Å². The van der Waals surface area contributed by atoms with Crippen LogP contribution >= 0.6 is 11.6 Å². The molecule has 0 aliphatic carbocycles. The quantitative estimate of drug-likeness (QED) is 0.903. The van der Waals surface area contributed by atoms with Gasteiger partial charge in [0.15, 0.2) is 0 Å². The fourth-order valence-electron chi connectivity index (χ4n) is 2.87. The molecule has 2 unspecified atom stereocenters. The summed E-state index contributed by atoms with van der Waals surface area (Å²) in [5, 5.41) is 10.8. The molecule has 0 saturated carbocycles. The number of aliphatic hydroxyl groups is 1. The van der Waals surface area contributed by atoms with E-state index in [1.54, 1.807) is 17.0 Å². The van der Waals surface area contributed by atoms with Crippen molar-refractivity contribution in [3.63, 3.8) is 0 Å². The lowest BCUT2D eigenvalue weighted by atomic mass is 10.1. The molecular formula is C19H20ClNO3. The molecule has 1 N–H and O–H groups in total. The highest BCUT2D eigenvalue weighted by atomic mass is 35.5. The zero-order chi connectivity index (χ0) is 16.9. The van der Waals surface area contributed by atoms with Crippen LogP contribution in [-0.4, -0.2) is 35.1 Å². The van der Waals surface area contributed by atoms with Gasteiger partial charge in [-0.3, -0.25) is 4.79 Å². The highest BCUT2D eigenvalue weighted by Crippen LogP contribution is 2.23. The van der Waals surface area contributed by atoms with E-state index in [9.17, 15) is 9.90 Å². The fraction of sp³-hybridized carbons (Fsp3) is 0.316. The highest BCUT2D eigenvalue weighted by Gasteiger charge is 2.28. The van der Waals surface area contributed by atoms with E-state index in [0.717, 1.165) is 12.0 Å². The molecule has 1 fully saturated rings. The molecule has 0 radical (unpaired) electrons. The molecule has 5 heteroatoms. The van der Waals surface area contributed by atoms with Crippen molar-refractivity contribution in [2.24, 2.45) is 0 Å². The van der Waals surface area contributed by atoms with Crippen molar-refractivity contribution in [1.29, 1.82) is 0 Å².